The molecule has 2 aromatic rings. The van der Waals surface area contributed by atoms with Crippen LogP contribution in [0.3, 0.4) is 0 Å². The molecule has 1 fully saturated rings. The van der Waals surface area contributed by atoms with Crippen LogP contribution in [0.25, 0.3) is 0 Å². The van der Waals surface area contributed by atoms with Gasteiger partial charge in [0.15, 0.2) is 0 Å². The van der Waals surface area contributed by atoms with Gasteiger partial charge in [0.25, 0.3) is 0 Å². The number of benzene rings is 2. The van der Waals surface area contributed by atoms with Crippen LogP contribution in [0.2, 0.25) is 0 Å². The zero-order valence-electron chi connectivity index (χ0n) is 19.3. The number of nitrogens with zero attached hydrogens (tertiary/aromatic N) is 2. The fourth-order valence-corrected chi connectivity index (χ4v) is 3.69. The topological polar surface area (TPSA) is 129 Å². The van der Waals surface area contributed by atoms with Crippen molar-refractivity contribution in [2.24, 2.45) is 5.10 Å². The highest BCUT2D eigenvalue weighted by Crippen LogP contribution is 2.34. The van der Waals surface area contributed by atoms with E-state index in [9.17, 15) is 19.2 Å². The van der Waals surface area contributed by atoms with Gasteiger partial charge in [-0.15, -0.1) is 0 Å². The second-order valence-corrected chi connectivity index (χ2v) is 8.39. The van der Waals surface area contributed by atoms with Crippen LogP contribution in [0.1, 0.15) is 49.3 Å². The fourth-order valence-electron chi connectivity index (χ4n) is 3.69. The van der Waals surface area contributed by atoms with Gasteiger partial charge >= 0.3 is 11.8 Å². The van der Waals surface area contributed by atoms with Crippen molar-refractivity contribution in [3.63, 3.8) is 0 Å². The van der Waals surface area contributed by atoms with E-state index in [2.05, 4.69) is 21.3 Å². The highest BCUT2D eigenvalue weighted by atomic mass is 16.5. The summed E-state index contributed by atoms with van der Waals surface area (Å²) in [4.78, 5) is 48.6. The maximum atomic E-state index is 13.1. The molecule has 2 aliphatic rings. The number of hydrazone groups is 1. The minimum atomic E-state index is -0.951. The highest BCUT2D eigenvalue weighted by molar-refractivity contribution is 6.35. The first-order chi connectivity index (χ1) is 16.9. The van der Waals surface area contributed by atoms with Gasteiger partial charge in [-0.3, -0.25) is 30.0 Å². The van der Waals surface area contributed by atoms with Crippen LogP contribution in [0.15, 0.2) is 59.7 Å². The van der Waals surface area contributed by atoms with Crippen LogP contribution >= 0.6 is 0 Å². The summed E-state index contributed by atoms with van der Waals surface area (Å²) in [5.74, 6) is -1.96. The summed E-state index contributed by atoms with van der Waals surface area (Å²) in [6.07, 6.45) is 1.92. The van der Waals surface area contributed by atoms with E-state index in [-0.39, 0.29) is 30.8 Å². The maximum absolute atomic E-state index is 13.1. The van der Waals surface area contributed by atoms with Crippen molar-refractivity contribution >= 4 is 29.3 Å². The summed E-state index contributed by atoms with van der Waals surface area (Å²) in [6.45, 7) is 0. The standard InChI is InChI=1S/C25H27N5O5/c1-35-19-11-7-17(8-12-19)21-15-20(16-5-3-2-4-6-16)29-30(21)23(32)14-13-22(31)27-28-25(34)24(33)26-18-9-10-18/h2-8,11-12,18,21H,9-10,13-15H2,1H3,(H,26,33)(H,27,31)(H,28,34)/t21-/m1/s1. The summed E-state index contributed by atoms with van der Waals surface area (Å²) in [7, 11) is 1.59. The minimum absolute atomic E-state index is 0.0296. The number of nitrogens with one attached hydrogen (secondary N) is 3. The van der Waals surface area contributed by atoms with Gasteiger partial charge < -0.3 is 10.1 Å². The normalized spacial score (nSPS) is 16.8. The molecule has 4 amide bonds. The molecular formula is C25H27N5O5. The van der Waals surface area contributed by atoms with E-state index in [1.807, 2.05) is 54.6 Å². The van der Waals surface area contributed by atoms with E-state index in [0.717, 1.165) is 29.7 Å². The Labute approximate surface area is 202 Å². The van der Waals surface area contributed by atoms with Gasteiger partial charge in [0.1, 0.15) is 5.75 Å². The van der Waals surface area contributed by atoms with Crippen molar-refractivity contribution in [3.8, 4) is 5.75 Å². The molecule has 1 aliphatic carbocycles. The van der Waals surface area contributed by atoms with Crippen molar-refractivity contribution in [1.29, 1.82) is 0 Å². The second-order valence-electron chi connectivity index (χ2n) is 8.39. The molecule has 4 rings (SSSR count). The first-order valence-electron chi connectivity index (χ1n) is 11.4. The number of ether oxygens (including phenoxy) is 1. The zero-order chi connectivity index (χ0) is 24.8. The molecule has 10 nitrogen and oxygen atoms in total. The van der Waals surface area contributed by atoms with Gasteiger partial charge in [0.2, 0.25) is 11.8 Å². The van der Waals surface area contributed by atoms with Gasteiger partial charge in [-0.05, 0) is 36.1 Å². The lowest BCUT2D eigenvalue weighted by Crippen LogP contribution is -2.49. The molecule has 0 aromatic heterocycles. The molecule has 0 unspecified atom stereocenters. The summed E-state index contributed by atoms with van der Waals surface area (Å²) in [5.41, 5.74) is 6.84. The van der Waals surface area contributed by atoms with Crippen molar-refractivity contribution in [3.05, 3.63) is 65.7 Å². The van der Waals surface area contributed by atoms with Crippen LogP contribution in [-0.2, 0) is 19.2 Å². The lowest BCUT2D eigenvalue weighted by molar-refractivity contribution is -0.141. The van der Waals surface area contributed by atoms with Crippen molar-refractivity contribution in [2.75, 3.05) is 7.11 Å². The minimum Gasteiger partial charge on any atom is -0.497 e. The van der Waals surface area contributed by atoms with Crippen LogP contribution in [0, 0.1) is 0 Å². The molecule has 1 aliphatic heterocycles. The number of carbonyl (C=O) groups is 4. The third-order valence-corrected chi connectivity index (χ3v) is 5.77. The number of carbonyl (C=O) groups excluding carboxylic acids is 4. The average Bonchev–Trinajstić information content (AvgIpc) is 3.59. The van der Waals surface area contributed by atoms with Crippen molar-refractivity contribution in [2.45, 2.75) is 44.2 Å². The third-order valence-electron chi connectivity index (χ3n) is 5.77. The van der Waals surface area contributed by atoms with Gasteiger partial charge in [-0.2, -0.15) is 5.10 Å². The van der Waals surface area contributed by atoms with E-state index in [0.29, 0.717) is 12.2 Å². The van der Waals surface area contributed by atoms with Gasteiger partial charge in [-0.25, -0.2) is 5.01 Å². The molecular weight excluding hydrogens is 450 g/mol. The molecule has 1 atom stereocenters. The molecule has 182 valence electrons. The SMILES string of the molecule is COc1ccc([C@H]2CC(c3ccccc3)=NN2C(=O)CCC(=O)NNC(=O)C(=O)NC2CC2)cc1. The molecule has 0 radical (unpaired) electrons. The summed E-state index contributed by atoms with van der Waals surface area (Å²) in [5, 5.41) is 8.52. The van der Waals surface area contributed by atoms with E-state index in [1.165, 1.54) is 5.01 Å². The first kappa shape index (κ1) is 23.9. The average molecular weight is 478 g/mol. The smallest absolute Gasteiger partial charge is 0.327 e. The third kappa shape index (κ3) is 6.23. The Hall–Kier alpha value is -4.21. The monoisotopic (exact) mass is 477 g/mol. The van der Waals surface area contributed by atoms with E-state index < -0.39 is 17.7 Å². The van der Waals surface area contributed by atoms with Crippen LogP contribution in [0.5, 0.6) is 5.75 Å². The zero-order valence-corrected chi connectivity index (χ0v) is 19.3. The summed E-state index contributed by atoms with van der Waals surface area (Å²) in [6, 6.07) is 16.8. The van der Waals surface area contributed by atoms with Gasteiger partial charge in [0, 0.05) is 25.3 Å². The molecule has 1 heterocycles. The largest absolute Gasteiger partial charge is 0.497 e. The number of hydrogen-bond acceptors (Lipinski definition) is 6. The highest BCUT2D eigenvalue weighted by Gasteiger charge is 2.33. The quantitative estimate of drug-likeness (QED) is 0.412. The van der Waals surface area contributed by atoms with Gasteiger partial charge in [-0.1, -0.05) is 42.5 Å². The molecule has 1 saturated carbocycles. The molecule has 0 saturated heterocycles. The van der Waals surface area contributed by atoms with Gasteiger partial charge in [0.05, 0.1) is 18.9 Å². The van der Waals surface area contributed by atoms with E-state index >= 15 is 0 Å². The predicted octanol–water partition coefficient (Wildman–Crippen LogP) is 1.58. The van der Waals surface area contributed by atoms with Crippen LogP contribution in [-0.4, -0.2) is 47.5 Å². The molecule has 3 N–H and O–H groups in total. The molecule has 0 bridgehead atoms. The summed E-state index contributed by atoms with van der Waals surface area (Å²) >= 11 is 0. The Kier molecular flexibility index (Phi) is 7.39. The number of amides is 4. The van der Waals surface area contributed by atoms with E-state index in [4.69, 9.17) is 4.74 Å². The first-order valence-corrected chi connectivity index (χ1v) is 11.4. The number of hydrogen-bond donors (Lipinski definition) is 3. The lowest BCUT2D eigenvalue weighted by atomic mass is 9.98. The fraction of sp³-hybridized carbons (Fsp3) is 0.320. The molecule has 10 heteroatoms. The maximum Gasteiger partial charge on any atom is 0.327 e. The number of rotatable bonds is 7. The Bertz CT molecular complexity index is 1130. The molecule has 0 spiro atoms. The van der Waals surface area contributed by atoms with Crippen molar-refractivity contribution < 1.29 is 23.9 Å². The Morgan fingerprint density at radius 2 is 1.66 bits per heavy atom. The number of methoxy groups -OCH3 is 1. The summed E-state index contributed by atoms with van der Waals surface area (Å²) < 4.78 is 5.23. The second kappa shape index (κ2) is 10.8. The predicted molar refractivity (Wildman–Crippen MR) is 127 cm³/mol. The number of hydrazine groups is 1. The van der Waals surface area contributed by atoms with Crippen molar-refractivity contribution in [1.82, 2.24) is 21.2 Å². The lowest BCUT2D eigenvalue weighted by Gasteiger charge is -2.22. The Balaban J connectivity index is 1.37. The van der Waals surface area contributed by atoms with Crippen LogP contribution < -0.4 is 20.9 Å². The molecule has 35 heavy (non-hydrogen) atoms. The van der Waals surface area contributed by atoms with E-state index in [1.54, 1.807) is 7.11 Å². The Morgan fingerprint density at radius 3 is 2.31 bits per heavy atom. The Morgan fingerprint density at radius 1 is 0.943 bits per heavy atom. The molecule has 2 aromatic carbocycles. The van der Waals surface area contributed by atoms with Crippen LogP contribution in [0.4, 0.5) is 0 Å².